The van der Waals surface area contributed by atoms with Crippen LogP contribution in [0, 0.1) is 10.8 Å². The Labute approximate surface area is 176 Å². The molecule has 1 saturated heterocycles. The normalized spacial score (nSPS) is 25.3. The van der Waals surface area contributed by atoms with E-state index >= 15 is 0 Å². The van der Waals surface area contributed by atoms with Crippen molar-refractivity contribution < 1.29 is 14.3 Å². The van der Waals surface area contributed by atoms with E-state index in [1.807, 2.05) is 23.1 Å². The molecular formula is C23H30N2O3S. The van der Waals surface area contributed by atoms with Crippen molar-refractivity contribution in [3.63, 3.8) is 0 Å². The number of fused-ring (bicyclic) bond motifs is 3. The summed E-state index contributed by atoms with van der Waals surface area (Å²) in [6.07, 6.45) is 5.00. The predicted octanol–water partition coefficient (Wildman–Crippen LogP) is 4.59. The van der Waals surface area contributed by atoms with Crippen LogP contribution in [0.2, 0.25) is 0 Å². The summed E-state index contributed by atoms with van der Waals surface area (Å²) in [7, 11) is 0. The first kappa shape index (κ1) is 20.3. The summed E-state index contributed by atoms with van der Waals surface area (Å²) in [6.45, 7) is 7.51. The molecule has 0 radical (unpaired) electrons. The Balaban J connectivity index is 1.22. The molecule has 1 aromatic carbocycles. The van der Waals surface area contributed by atoms with Crippen molar-refractivity contribution >= 4 is 33.4 Å². The maximum Gasteiger partial charge on any atom is 0.306 e. The van der Waals surface area contributed by atoms with E-state index in [9.17, 15) is 9.59 Å². The van der Waals surface area contributed by atoms with E-state index in [-0.39, 0.29) is 35.4 Å². The lowest BCUT2D eigenvalue weighted by Gasteiger charge is -2.39. The quantitative estimate of drug-likeness (QED) is 0.649. The minimum Gasteiger partial charge on any atom is -0.456 e. The molecule has 2 aromatic rings. The van der Waals surface area contributed by atoms with Gasteiger partial charge in [-0.1, -0.05) is 32.9 Å². The molecule has 2 unspecified atom stereocenters. The van der Waals surface area contributed by atoms with Crippen LogP contribution in [-0.2, 0) is 20.7 Å². The van der Waals surface area contributed by atoms with Crippen LogP contribution in [0.4, 0.5) is 0 Å². The Kier molecular flexibility index (Phi) is 5.40. The maximum absolute atomic E-state index is 12.7. The number of hydrogen-bond donors (Lipinski definition) is 0. The molecule has 2 bridgehead atoms. The summed E-state index contributed by atoms with van der Waals surface area (Å²) < 4.78 is 6.47. The third-order valence-corrected chi connectivity index (χ3v) is 7.30. The van der Waals surface area contributed by atoms with Crippen molar-refractivity contribution in [2.75, 3.05) is 13.2 Å². The number of esters is 1. The van der Waals surface area contributed by atoms with Gasteiger partial charge in [0.15, 0.2) is 6.61 Å². The van der Waals surface area contributed by atoms with Gasteiger partial charge in [-0.2, -0.15) is 0 Å². The van der Waals surface area contributed by atoms with Gasteiger partial charge >= 0.3 is 5.97 Å². The van der Waals surface area contributed by atoms with Gasteiger partial charge in [-0.15, -0.1) is 11.3 Å². The number of aromatic nitrogens is 1. The van der Waals surface area contributed by atoms with E-state index < -0.39 is 0 Å². The van der Waals surface area contributed by atoms with Crippen LogP contribution in [0.15, 0.2) is 24.3 Å². The highest BCUT2D eigenvalue weighted by Gasteiger charge is 2.50. The molecule has 2 atom stereocenters. The van der Waals surface area contributed by atoms with Gasteiger partial charge < -0.3 is 9.64 Å². The highest BCUT2D eigenvalue weighted by atomic mass is 32.1. The number of nitrogens with zero attached hydrogens (tertiary/aromatic N) is 2. The summed E-state index contributed by atoms with van der Waals surface area (Å²) in [6, 6.07) is 8.34. The van der Waals surface area contributed by atoms with Gasteiger partial charge in [0, 0.05) is 19.0 Å². The monoisotopic (exact) mass is 414 g/mol. The minimum absolute atomic E-state index is 0.0454. The molecule has 156 valence electrons. The number of ether oxygens (including phenoxy) is 1. The van der Waals surface area contributed by atoms with E-state index in [2.05, 4.69) is 31.8 Å². The summed E-state index contributed by atoms with van der Waals surface area (Å²) in [5.41, 5.74) is 1.47. The Morgan fingerprint density at radius 2 is 2.03 bits per heavy atom. The lowest BCUT2D eigenvalue weighted by molar-refractivity contribution is -0.152. The van der Waals surface area contributed by atoms with Crippen molar-refractivity contribution in [2.45, 2.75) is 65.3 Å². The maximum atomic E-state index is 12.7. The molecule has 5 nitrogen and oxygen atoms in total. The molecular weight excluding hydrogens is 384 g/mol. The van der Waals surface area contributed by atoms with Crippen molar-refractivity contribution in [3.05, 3.63) is 29.3 Å². The first-order valence-corrected chi connectivity index (χ1v) is 11.3. The minimum atomic E-state index is -0.298. The number of thiazole rings is 1. The summed E-state index contributed by atoms with van der Waals surface area (Å²) >= 11 is 1.67. The fourth-order valence-electron chi connectivity index (χ4n) is 5.46. The third-order valence-electron chi connectivity index (χ3n) is 6.20. The van der Waals surface area contributed by atoms with E-state index in [4.69, 9.17) is 4.74 Å². The summed E-state index contributed by atoms with van der Waals surface area (Å²) in [5, 5.41) is 1.04. The van der Waals surface area contributed by atoms with Crippen LogP contribution in [-0.4, -0.2) is 41.0 Å². The molecule has 29 heavy (non-hydrogen) atoms. The first-order chi connectivity index (χ1) is 13.7. The zero-order valence-electron chi connectivity index (χ0n) is 17.6. The van der Waals surface area contributed by atoms with Crippen LogP contribution < -0.4 is 0 Å². The Hall–Kier alpha value is -1.95. The summed E-state index contributed by atoms with van der Waals surface area (Å²) in [4.78, 5) is 31.3. The molecule has 2 aliphatic rings. The number of para-hydroxylation sites is 1. The zero-order chi connectivity index (χ0) is 20.6. The highest BCUT2D eigenvalue weighted by Crippen LogP contribution is 2.52. The molecule has 4 rings (SSSR count). The van der Waals surface area contributed by atoms with Crippen molar-refractivity contribution in [1.82, 2.24) is 9.88 Å². The number of carbonyl (C=O) groups excluding carboxylic acids is 2. The lowest BCUT2D eigenvalue weighted by atomic mass is 9.65. The molecule has 6 heteroatoms. The van der Waals surface area contributed by atoms with Crippen LogP contribution >= 0.6 is 11.3 Å². The first-order valence-electron chi connectivity index (χ1n) is 10.5. The van der Waals surface area contributed by atoms with Crippen molar-refractivity contribution in [3.8, 4) is 0 Å². The number of likely N-dealkylation sites (tertiary alicyclic amines) is 1. The zero-order valence-corrected chi connectivity index (χ0v) is 18.4. The molecule has 2 heterocycles. The second-order valence-corrected chi connectivity index (χ2v) is 10.9. The second kappa shape index (κ2) is 7.71. The van der Waals surface area contributed by atoms with E-state index in [0.717, 1.165) is 42.8 Å². The molecule has 1 aliphatic carbocycles. The van der Waals surface area contributed by atoms with Gasteiger partial charge in [0.2, 0.25) is 0 Å². The Morgan fingerprint density at radius 3 is 2.83 bits per heavy atom. The molecule has 2 fully saturated rings. The molecule has 1 amide bonds. The highest BCUT2D eigenvalue weighted by molar-refractivity contribution is 7.18. The second-order valence-electron chi connectivity index (χ2n) is 9.82. The number of amides is 1. The molecule has 1 aromatic heterocycles. The van der Waals surface area contributed by atoms with Crippen molar-refractivity contribution in [2.24, 2.45) is 10.8 Å². The van der Waals surface area contributed by atoms with Gasteiger partial charge in [0.25, 0.3) is 5.91 Å². The average molecular weight is 415 g/mol. The molecule has 0 N–H and O–H groups in total. The average Bonchev–Trinajstić information content (AvgIpc) is 3.16. The smallest absolute Gasteiger partial charge is 0.306 e. The van der Waals surface area contributed by atoms with Crippen LogP contribution in [0.5, 0.6) is 0 Å². The number of aryl methyl sites for hydroxylation is 1. The largest absolute Gasteiger partial charge is 0.456 e. The summed E-state index contributed by atoms with van der Waals surface area (Å²) in [5.74, 6) is -0.343. The predicted molar refractivity (Wildman–Crippen MR) is 115 cm³/mol. The Bertz CT molecular complexity index is 889. The fraction of sp³-hybridized carbons (Fsp3) is 0.609. The standard InChI is InChI=1S/C23H30N2O3S/c1-22(2)11-16-12-23(3,14-22)15-25(16)20(26)13-28-21(27)10-6-9-19-24-17-7-4-5-8-18(17)29-19/h4-5,7-8,16H,6,9-15H2,1-3H3. The number of rotatable bonds is 6. The van der Waals surface area contributed by atoms with E-state index in [1.165, 1.54) is 4.70 Å². The van der Waals surface area contributed by atoms with Crippen molar-refractivity contribution in [1.29, 1.82) is 0 Å². The molecule has 0 spiro atoms. The van der Waals surface area contributed by atoms with Gasteiger partial charge in [-0.05, 0) is 55.1 Å². The third kappa shape index (κ3) is 4.63. The van der Waals surface area contributed by atoms with Crippen LogP contribution in [0.3, 0.4) is 0 Å². The van der Waals surface area contributed by atoms with E-state index in [1.54, 1.807) is 11.3 Å². The van der Waals surface area contributed by atoms with E-state index in [0.29, 0.717) is 12.8 Å². The lowest BCUT2D eigenvalue weighted by Crippen LogP contribution is -2.39. The number of hydrogen-bond acceptors (Lipinski definition) is 5. The van der Waals surface area contributed by atoms with Gasteiger partial charge in [-0.3, -0.25) is 9.59 Å². The van der Waals surface area contributed by atoms with Crippen LogP contribution in [0.25, 0.3) is 10.2 Å². The number of benzene rings is 1. The number of carbonyl (C=O) groups is 2. The van der Waals surface area contributed by atoms with Gasteiger partial charge in [0.1, 0.15) is 0 Å². The van der Waals surface area contributed by atoms with Crippen LogP contribution in [0.1, 0.15) is 57.9 Å². The van der Waals surface area contributed by atoms with Gasteiger partial charge in [-0.25, -0.2) is 4.98 Å². The fourth-order valence-corrected chi connectivity index (χ4v) is 6.47. The topological polar surface area (TPSA) is 59.5 Å². The Morgan fingerprint density at radius 1 is 1.24 bits per heavy atom. The SMILES string of the molecule is CC1(C)CC2CC(C)(CN2C(=O)COC(=O)CCCc2nc3ccccc3s2)C1. The van der Waals surface area contributed by atoms with Gasteiger partial charge in [0.05, 0.1) is 15.2 Å². The molecule has 1 aliphatic heterocycles. The molecule has 1 saturated carbocycles.